The molecule has 0 spiro atoms. The molecular formula is C29H43N3O6S. The van der Waals surface area contributed by atoms with Crippen LogP contribution in [-0.2, 0) is 23.9 Å². The Bertz CT molecular complexity index is 1000. The lowest BCUT2D eigenvalue weighted by atomic mass is 9.97. The molecule has 0 saturated heterocycles. The number of thiol groups is 1. The number of hydrogen-bond acceptors (Lipinski definition) is 7. The predicted molar refractivity (Wildman–Crippen MR) is 154 cm³/mol. The molecule has 1 rings (SSSR count). The number of carbonyl (C=O) groups is 4. The minimum Gasteiger partial charge on any atom is -0.466 e. The fourth-order valence-electron chi connectivity index (χ4n) is 3.85. The third-order valence-electron chi connectivity index (χ3n) is 5.61. The minimum absolute atomic E-state index is 0.0163. The highest BCUT2D eigenvalue weighted by Crippen LogP contribution is 2.26. The van der Waals surface area contributed by atoms with Crippen LogP contribution in [0.15, 0.2) is 24.3 Å². The first-order valence-electron chi connectivity index (χ1n) is 13.4. The Morgan fingerprint density at radius 2 is 1.79 bits per heavy atom. The molecule has 0 saturated carbocycles. The lowest BCUT2D eigenvalue weighted by Crippen LogP contribution is -2.54. The summed E-state index contributed by atoms with van der Waals surface area (Å²) in [6.07, 6.45) is 8.41. The number of benzene rings is 1. The number of hydrogen-bond donors (Lipinski definition) is 3. The van der Waals surface area contributed by atoms with Crippen LogP contribution < -0.4 is 10.6 Å². The summed E-state index contributed by atoms with van der Waals surface area (Å²) in [4.78, 5) is 53.3. The van der Waals surface area contributed by atoms with E-state index in [9.17, 15) is 19.2 Å². The average molecular weight is 562 g/mol. The van der Waals surface area contributed by atoms with Crippen LogP contribution >= 0.6 is 12.6 Å². The van der Waals surface area contributed by atoms with Gasteiger partial charge in [-0.3, -0.25) is 14.4 Å². The van der Waals surface area contributed by atoms with E-state index in [2.05, 4.69) is 36.1 Å². The van der Waals surface area contributed by atoms with Gasteiger partial charge in [-0.1, -0.05) is 50.3 Å². The Labute approximate surface area is 238 Å². The van der Waals surface area contributed by atoms with Crippen LogP contribution in [0.25, 0.3) is 0 Å². The molecule has 39 heavy (non-hydrogen) atoms. The van der Waals surface area contributed by atoms with E-state index in [0.29, 0.717) is 17.5 Å². The third kappa shape index (κ3) is 12.0. The molecule has 10 heteroatoms. The molecule has 0 fully saturated rings. The van der Waals surface area contributed by atoms with Crippen molar-refractivity contribution in [3.05, 3.63) is 35.4 Å². The maximum atomic E-state index is 13.9. The fourth-order valence-corrected chi connectivity index (χ4v) is 4.09. The molecule has 0 aliphatic carbocycles. The third-order valence-corrected chi connectivity index (χ3v) is 5.98. The topological polar surface area (TPSA) is 114 Å². The van der Waals surface area contributed by atoms with Crippen LogP contribution in [0.2, 0.25) is 0 Å². The summed E-state index contributed by atoms with van der Waals surface area (Å²) in [5, 5.41) is 5.34. The average Bonchev–Trinajstić information content (AvgIpc) is 2.87. The molecule has 0 aliphatic heterocycles. The standard InChI is InChI=1S/C29H43N3O6S/c1-7-10-11-14-19-32(27(35)23(20-39)31-28(36)38-29(4,5)6)25(22-16-13-12-15-21(22)8-2)26(34)30-18-17-24(33)37-9-3/h2,12-13,15-16,23,25,39H,7,9-11,14,17-20H2,1,3-6H3,(H,30,34)(H,31,36). The van der Waals surface area contributed by atoms with Crippen LogP contribution in [0.1, 0.15) is 83.9 Å². The molecule has 0 aliphatic rings. The quantitative estimate of drug-likeness (QED) is 0.129. The van der Waals surface area contributed by atoms with Gasteiger partial charge in [0.25, 0.3) is 0 Å². The molecule has 2 atom stereocenters. The van der Waals surface area contributed by atoms with Gasteiger partial charge >= 0.3 is 12.1 Å². The zero-order valence-electron chi connectivity index (χ0n) is 23.7. The largest absolute Gasteiger partial charge is 0.466 e. The fraction of sp³-hybridized carbons (Fsp3) is 0.586. The van der Waals surface area contributed by atoms with Crippen molar-refractivity contribution in [1.82, 2.24) is 15.5 Å². The van der Waals surface area contributed by atoms with Crippen molar-refractivity contribution in [2.45, 2.75) is 84.4 Å². The van der Waals surface area contributed by atoms with E-state index >= 15 is 0 Å². The number of amides is 3. The van der Waals surface area contributed by atoms with Gasteiger partial charge in [-0.2, -0.15) is 12.6 Å². The highest BCUT2D eigenvalue weighted by Gasteiger charge is 2.36. The van der Waals surface area contributed by atoms with Gasteiger partial charge < -0.3 is 25.0 Å². The number of terminal acetylenes is 1. The van der Waals surface area contributed by atoms with Crippen molar-refractivity contribution in [3.63, 3.8) is 0 Å². The van der Waals surface area contributed by atoms with Crippen molar-refractivity contribution in [1.29, 1.82) is 0 Å². The van der Waals surface area contributed by atoms with Crippen LogP contribution in [0.5, 0.6) is 0 Å². The number of nitrogens with one attached hydrogen (secondary N) is 2. The molecule has 0 radical (unpaired) electrons. The lowest BCUT2D eigenvalue weighted by molar-refractivity contribution is -0.144. The number of carbonyl (C=O) groups excluding carboxylic acids is 4. The van der Waals surface area contributed by atoms with Gasteiger partial charge in [-0.05, 0) is 45.7 Å². The Hall–Kier alpha value is -3.19. The molecule has 2 unspecified atom stereocenters. The number of alkyl carbamates (subject to hydrolysis) is 1. The Balaban J connectivity index is 3.42. The summed E-state index contributed by atoms with van der Waals surface area (Å²) in [6, 6.07) is 4.74. The highest BCUT2D eigenvalue weighted by molar-refractivity contribution is 7.80. The van der Waals surface area contributed by atoms with Crippen molar-refractivity contribution in [2.75, 3.05) is 25.4 Å². The summed E-state index contributed by atoms with van der Waals surface area (Å²) in [5.74, 6) is 1.14. The molecule has 1 aromatic carbocycles. The van der Waals surface area contributed by atoms with E-state index in [0.717, 1.165) is 19.3 Å². The second kappa shape index (κ2) is 17.4. The first-order valence-corrected chi connectivity index (χ1v) is 14.0. The van der Waals surface area contributed by atoms with Crippen molar-refractivity contribution in [3.8, 4) is 12.3 Å². The summed E-state index contributed by atoms with van der Waals surface area (Å²) >= 11 is 4.30. The van der Waals surface area contributed by atoms with Gasteiger partial charge in [0.1, 0.15) is 17.7 Å². The van der Waals surface area contributed by atoms with Gasteiger partial charge in [0.15, 0.2) is 0 Å². The normalized spacial score (nSPS) is 12.4. The van der Waals surface area contributed by atoms with Crippen LogP contribution in [-0.4, -0.2) is 65.9 Å². The van der Waals surface area contributed by atoms with E-state index < -0.39 is 41.6 Å². The Morgan fingerprint density at radius 3 is 2.38 bits per heavy atom. The number of esters is 1. The van der Waals surface area contributed by atoms with E-state index in [1.165, 1.54) is 4.90 Å². The SMILES string of the molecule is C#Cc1ccccc1C(C(=O)NCCC(=O)OCC)N(CCCCCC)C(=O)C(CS)NC(=O)OC(C)(C)C. The van der Waals surface area contributed by atoms with Gasteiger partial charge in [0.2, 0.25) is 11.8 Å². The van der Waals surface area contributed by atoms with Crippen molar-refractivity contribution in [2.24, 2.45) is 0 Å². The molecule has 2 N–H and O–H groups in total. The van der Waals surface area contributed by atoms with Gasteiger partial charge in [0.05, 0.1) is 13.0 Å². The van der Waals surface area contributed by atoms with Crippen LogP contribution in [0.3, 0.4) is 0 Å². The molecule has 1 aromatic rings. The van der Waals surface area contributed by atoms with Gasteiger partial charge in [0, 0.05) is 24.4 Å². The lowest BCUT2D eigenvalue weighted by Gasteiger charge is -2.34. The summed E-state index contributed by atoms with van der Waals surface area (Å²) in [5.41, 5.74) is 0.158. The van der Waals surface area contributed by atoms with E-state index in [-0.39, 0.29) is 31.9 Å². The van der Waals surface area contributed by atoms with E-state index in [1.807, 2.05) is 0 Å². The van der Waals surface area contributed by atoms with Crippen molar-refractivity contribution < 1.29 is 28.7 Å². The maximum absolute atomic E-state index is 13.9. The maximum Gasteiger partial charge on any atom is 0.408 e. The second-order valence-corrected chi connectivity index (χ2v) is 10.3. The van der Waals surface area contributed by atoms with Crippen molar-refractivity contribution >= 4 is 36.5 Å². The van der Waals surface area contributed by atoms with E-state index in [1.54, 1.807) is 52.0 Å². The highest BCUT2D eigenvalue weighted by atomic mass is 32.1. The molecule has 0 aromatic heterocycles. The van der Waals surface area contributed by atoms with Gasteiger partial charge in [-0.25, -0.2) is 4.79 Å². The molecular weight excluding hydrogens is 518 g/mol. The first-order chi connectivity index (χ1) is 18.5. The predicted octanol–water partition coefficient (Wildman–Crippen LogP) is 4.01. The summed E-state index contributed by atoms with van der Waals surface area (Å²) < 4.78 is 10.3. The Morgan fingerprint density at radius 1 is 1.10 bits per heavy atom. The second-order valence-electron chi connectivity index (χ2n) is 9.95. The monoisotopic (exact) mass is 561 g/mol. The molecule has 9 nitrogen and oxygen atoms in total. The summed E-state index contributed by atoms with van der Waals surface area (Å²) in [6.45, 7) is 9.44. The summed E-state index contributed by atoms with van der Waals surface area (Å²) in [7, 11) is 0. The zero-order chi connectivity index (χ0) is 29.4. The molecule has 216 valence electrons. The molecule has 0 bridgehead atoms. The van der Waals surface area contributed by atoms with E-state index in [4.69, 9.17) is 15.9 Å². The number of ether oxygens (including phenoxy) is 2. The Kier molecular flexibility index (Phi) is 15.1. The first kappa shape index (κ1) is 33.8. The van der Waals surface area contributed by atoms with Gasteiger partial charge in [-0.15, -0.1) is 6.42 Å². The number of nitrogens with zero attached hydrogens (tertiary/aromatic N) is 1. The molecule has 3 amide bonds. The van der Waals surface area contributed by atoms with Crippen LogP contribution in [0.4, 0.5) is 4.79 Å². The number of unbranched alkanes of at least 4 members (excludes halogenated alkanes) is 3. The smallest absolute Gasteiger partial charge is 0.408 e. The zero-order valence-corrected chi connectivity index (χ0v) is 24.6. The molecule has 0 heterocycles. The number of rotatable bonds is 15. The van der Waals surface area contributed by atoms with Crippen LogP contribution in [0, 0.1) is 12.3 Å². The minimum atomic E-state index is -1.10.